The molecule has 0 bridgehead atoms. The number of methoxy groups -OCH3 is 1. The van der Waals surface area contributed by atoms with Crippen LogP contribution in [0.3, 0.4) is 0 Å². The molecule has 7 nitrogen and oxygen atoms in total. The van der Waals surface area contributed by atoms with Crippen LogP contribution in [0.15, 0.2) is 78.9 Å². The number of carbonyl (C=O) groups is 3. The van der Waals surface area contributed by atoms with Crippen LogP contribution in [-0.4, -0.2) is 36.9 Å². The second-order valence-corrected chi connectivity index (χ2v) is 9.45. The highest BCUT2D eigenvalue weighted by atomic mass is 35.5. The monoisotopic (exact) mass is 499 g/mol. The fourth-order valence-corrected chi connectivity index (χ4v) is 5.67. The van der Waals surface area contributed by atoms with Crippen molar-refractivity contribution in [3.8, 4) is 5.75 Å². The van der Waals surface area contributed by atoms with Crippen LogP contribution in [0, 0.1) is 11.8 Å². The standard InChI is InChI=1S/C28H22ClN3O4/c1-36-20-13-11-19(12-14-20)31-27(34)23-22-15-6-16-4-2-3-5-21(16)32(22)25(24(23)28(31)35)26(33)30-18-9-7-17(29)8-10-18/h2-15,22-25H,1H3,(H,30,33)/t22-,23+,24+,25-/m1/s1. The Bertz CT molecular complexity index is 1400. The molecule has 3 aromatic carbocycles. The fourth-order valence-electron chi connectivity index (χ4n) is 5.55. The number of amides is 3. The minimum Gasteiger partial charge on any atom is -0.497 e. The summed E-state index contributed by atoms with van der Waals surface area (Å²) in [5, 5.41) is 3.48. The molecule has 36 heavy (non-hydrogen) atoms. The van der Waals surface area contributed by atoms with Crippen molar-refractivity contribution < 1.29 is 19.1 Å². The smallest absolute Gasteiger partial charge is 0.247 e. The number of nitrogens with zero attached hydrogens (tertiary/aromatic N) is 2. The van der Waals surface area contributed by atoms with Gasteiger partial charge in [-0.1, -0.05) is 42.0 Å². The largest absolute Gasteiger partial charge is 0.497 e. The second-order valence-electron chi connectivity index (χ2n) is 9.02. The average molecular weight is 500 g/mol. The van der Waals surface area contributed by atoms with Gasteiger partial charge in [0.1, 0.15) is 11.8 Å². The molecule has 0 aromatic heterocycles. The van der Waals surface area contributed by atoms with Crippen molar-refractivity contribution in [3.63, 3.8) is 0 Å². The molecule has 0 radical (unpaired) electrons. The number of rotatable bonds is 4. The van der Waals surface area contributed by atoms with Crippen molar-refractivity contribution in [2.24, 2.45) is 11.8 Å². The van der Waals surface area contributed by atoms with Crippen molar-refractivity contribution in [2.75, 3.05) is 22.2 Å². The lowest BCUT2D eigenvalue weighted by molar-refractivity contribution is -0.126. The summed E-state index contributed by atoms with van der Waals surface area (Å²) < 4.78 is 5.21. The Morgan fingerprint density at radius 3 is 2.33 bits per heavy atom. The molecule has 3 aliphatic rings. The molecule has 6 rings (SSSR count). The molecule has 0 unspecified atom stereocenters. The van der Waals surface area contributed by atoms with E-state index in [1.54, 1.807) is 55.6 Å². The van der Waals surface area contributed by atoms with Crippen LogP contribution >= 0.6 is 11.6 Å². The Hall–Kier alpha value is -4.10. The third kappa shape index (κ3) is 3.38. The van der Waals surface area contributed by atoms with E-state index in [0.29, 0.717) is 22.1 Å². The van der Waals surface area contributed by atoms with Gasteiger partial charge in [0.25, 0.3) is 0 Å². The first kappa shape index (κ1) is 22.4. The number of para-hydroxylation sites is 1. The zero-order valence-corrected chi connectivity index (χ0v) is 20.1. The molecule has 3 amide bonds. The lowest BCUT2D eigenvalue weighted by atomic mass is 9.88. The Morgan fingerprint density at radius 2 is 1.61 bits per heavy atom. The lowest BCUT2D eigenvalue weighted by Gasteiger charge is -2.36. The number of hydrogen-bond acceptors (Lipinski definition) is 5. The number of imide groups is 1. The second kappa shape index (κ2) is 8.53. The molecule has 180 valence electrons. The van der Waals surface area contributed by atoms with Crippen LogP contribution in [0.1, 0.15) is 5.56 Å². The first-order chi connectivity index (χ1) is 17.5. The molecule has 0 aliphatic carbocycles. The number of ether oxygens (including phenoxy) is 1. The molecule has 2 fully saturated rings. The maximum Gasteiger partial charge on any atom is 0.247 e. The number of benzene rings is 3. The third-order valence-corrected chi connectivity index (χ3v) is 7.38. The number of nitrogens with one attached hydrogen (secondary N) is 1. The molecular weight excluding hydrogens is 478 g/mol. The fraction of sp³-hybridized carbons (Fsp3) is 0.179. The minimum atomic E-state index is -0.874. The van der Waals surface area contributed by atoms with Crippen LogP contribution < -0.4 is 19.9 Å². The molecule has 3 aliphatic heterocycles. The SMILES string of the molecule is COc1ccc(N2C(=O)[C@@H]3[C@H](C2=O)[C@H](C(=O)Nc2ccc(Cl)cc2)N2c4ccccc4C=C[C@H]32)cc1. The van der Waals surface area contributed by atoms with Gasteiger partial charge in [0.2, 0.25) is 17.7 Å². The zero-order chi connectivity index (χ0) is 25.0. The summed E-state index contributed by atoms with van der Waals surface area (Å²) >= 11 is 6.00. The maximum absolute atomic E-state index is 13.8. The van der Waals surface area contributed by atoms with E-state index in [1.165, 1.54) is 4.90 Å². The predicted molar refractivity (Wildman–Crippen MR) is 138 cm³/mol. The number of hydrogen-bond donors (Lipinski definition) is 1. The van der Waals surface area contributed by atoms with Gasteiger partial charge in [-0.3, -0.25) is 14.4 Å². The molecular formula is C28H22ClN3O4. The van der Waals surface area contributed by atoms with Crippen molar-refractivity contribution in [2.45, 2.75) is 12.1 Å². The predicted octanol–water partition coefficient (Wildman–Crippen LogP) is 4.38. The van der Waals surface area contributed by atoms with Gasteiger partial charge in [-0.05, 0) is 60.2 Å². The van der Waals surface area contributed by atoms with Gasteiger partial charge < -0.3 is 15.0 Å². The van der Waals surface area contributed by atoms with Gasteiger partial charge in [0.05, 0.1) is 30.7 Å². The number of carbonyl (C=O) groups excluding carboxylic acids is 3. The van der Waals surface area contributed by atoms with E-state index in [0.717, 1.165) is 11.3 Å². The normalized spacial score (nSPS) is 23.8. The third-order valence-electron chi connectivity index (χ3n) is 7.13. The lowest BCUT2D eigenvalue weighted by Crippen LogP contribution is -2.50. The first-order valence-electron chi connectivity index (χ1n) is 11.6. The molecule has 0 spiro atoms. The van der Waals surface area contributed by atoms with Crippen molar-refractivity contribution in [3.05, 3.63) is 89.5 Å². The molecule has 8 heteroatoms. The van der Waals surface area contributed by atoms with E-state index >= 15 is 0 Å². The highest BCUT2D eigenvalue weighted by Gasteiger charge is 2.64. The Kier molecular flexibility index (Phi) is 5.30. The van der Waals surface area contributed by atoms with Crippen LogP contribution in [-0.2, 0) is 14.4 Å². The first-order valence-corrected chi connectivity index (χ1v) is 12.0. The molecule has 1 N–H and O–H groups in total. The van der Waals surface area contributed by atoms with Crippen molar-refractivity contribution >= 4 is 52.5 Å². The molecule has 3 heterocycles. The van der Waals surface area contributed by atoms with Crippen LogP contribution in [0.4, 0.5) is 17.1 Å². The van der Waals surface area contributed by atoms with Gasteiger partial charge in [0.15, 0.2) is 0 Å². The van der Waals surface area contributed by atoms with E-state index in [2.05, 4.69) is 5.32 Å². The van der Waals surface area contributed by atoms with Gasteiger partial charge >= 0.3 is 0 Å². The number of anilines is 3. The van der Waals surface area contributed by atoms with Crippen LogP contribution in [0.5, 0.6) is 5.75 Å². The van der Waals surface area contributed by atoms with E-state index in [9.17, 15) is 14.4 Å². The van der Waals surface area contributed by atoms with Crippen LogP contribution in [0.25, 0.3) is 6.08 Å². The summed E-state index contributed by atoms with van der Waals surface area (Å²) in [6, 6.07) is 20.0. The highest BCUT2D eigenvalue weighted by molar-refractivity contribution is 6.30. The summed E-state index contributed by atoms with van der Waals surface area (Å²) in [6.07, 6.45) is 3.89. The molecule has 0 saturated carbocycles. The topological polar surface area (TPSA) is 78.9 Å². The minimum absolute atomic E-state index is 0.309. The van der Waals surface area contributed by atoms with E-state index < -0.39 is 23.9 Å². The summed E-state index contributed by atoms with van der Waals surface area (Å²) in [5.41, 5.74) is 2.79. The summed E-state index contributed by atoms with van der Waals surface area (Å²) in [4.78, 5) is 44.5. The van der Waals surface area contributed by atoms with Crippen molar-refractivity contribution in [1.82, 2.24) is 0 Å². The van der Waals surface area contributed by atoms with Crippen molar-refractivity contribution in [1.29, 1.82) is 0 Å². The van der Waals surface area contributed by atoms with E-state index in [1.807, 2.05) is 41.3 Å². The summed E-state index contributed by atoms with van der Waals surface area (Å²) in [5.74, 6) is -1.95. The Labute approximate surface area is 212 Å². The Balaban J connectivity index is 1.42. The molecule has 3 aromatic rings. The van der Waals surface area contributed by atoms with E-state index in [4.69, 9.17) is 16.3 Å². The summed E-state index contributed by atoms with van der Waals surface area (Å²) in [6.45, 7) is 0. The molecule has 2 saturated heterocycles. The van der Waals surface area contributed by atoms with Gasteiger partial charge in [-0.2, -0.15) is 0 Å². The Morgan fingerprint density at radius 1 is 0.917 bits per heavy atom. The van der Waals surface area contributed by atoms with Gasteiger partial charge in [-0.15, -0.1) is 0 Å². The van der Waals surface area contributed by atoms with Crippen LogP contribution in [0.2, 0.25) is 5.02 Å². The quantitative estimate of drug-likeness (QED) is 0.539. The zero-order valence-electron chi connectivity index (χ0n) is 19.3. The average Bonchev–Trinajstić information content (AvgIpc) is 3.38. The number of halogens is 1. The van der Waals surface area contributed by atoms with Gasteiger partial charge in [0, 0.05) is 16.4 Å². The summed E-state index contributed by atoms with van der Waals surface area (Å²) in [7, 11) is 1.55. The molecule has 4 atom stereocenters. The van der Waals surface area contributed by atoms with E-state index in [-0.39, 0.29) is 17.7 Å². The highest BCUT2D eigenvalue weighted by Crippen LogP contribution is 2.49. The van der Waals surface area contributed by atoms with Gasteiger partial charge in [-0.25, -0.2) is 4.90 Å². The number of fused-ring (bicyclic) bond motifs is 5. The maximum atomic E-state index is 13.8.